The minimum Gasteiger partial charge on any atom is -0.463 e. The van der Waals surface area contributed by atoms with E-state index in [1.807, 2.05) is 24.3 Å². The number of anilines is 1. The van der Waals surface area contributed by atoms with Crippen LogP contribution in [0.15, 0.2) is 56.7 Å². The van der Waals surface area contributed by atoms with Crippen molar-refractivity contribution in [2.45, 2.75) is 0 Å². The van der Waals surface area contributed by atoms with Crippen molar-refractivity contribution < 1.29 is 9.21 Å². The van der Waals surface area contributed by atoms with Gasteiger partial charge in [-0.2, -0.15) is 5.10 Å². The molecule has 1 aromatic heterocycles. The zero-order valence-electron chi connectivity index (χ0n) is 9.97. The van der Waals surface area contributed by atoms with Gasteiger partial charge in [0.25, 0.3) is 0 Å². The van der Waals surface area contributed by atoms with Gasteiger partial charge in [-0.25, -0.2) is 0 Å². The van der Waals surface area contributed by atoms with Gasteiger partial charge in [-0.3, -0.25) is 4.79 Å². The Hall–Kier alpha value is -2.08. The zero-order chi connectivity index (χ0) is 13.5. The van der Waals surface area contributed by atoms with Gasteiger partial charge in [0, 0.05) is 10.2 Å². The molecule has 0 unspecified atom stereocenters. The molecular weight excluding hydrogens is 310 g/mol. The molecule has 0 aliphatic carbocycles. The van der Waals surface area contributed by atoms with Gasteiger partial charge in [0.2, 0.25) is 5.91 Å². The SMILES string of the molecule is O=C(CNN=Cc1ccco1)Nc1ccc(Br)cc1. The second-order valence-corrected chi connectivity index (χ2v) is 4.58. The average Bonchev–Trinajstić information content (AvgIpc) is 2.91. The summed E-state index contributed by atoms with van der Waals surface area (Å²) >= 11 is 3.33. The van der Waals surface area contributed by atoms with Crippen LogP contribution in [0.2, 0.25) is 0 Å². The van der Waals surface area contributed by atoms with E-state index in [4.69, 9.17) is 4.42 Å². The normalized spacial score (nSPS) is 10.6. The first-order valence-corrected chi connectivity index (χ1v) is 6.38. The number of hydrogen-bond acceptors (Lipinski definition) is 4. The molecule has 0 aliphatic rings. The van der Waals surface area contributed by atoms with Crippen molar-refractivity contribution in [3.63, 3.8) is 0 Å². The smallest absolute Gasteiger partial charge is 0.245 e. The molecule has 1 heterocycles. The number of benzene rings is 1. The summed E-state index contributed by atoms with van der Waals surface area (Å²) in [5, 5.41) is 6.62. The molecule has 2 aromatic rings. The molecule has 0 bridgehead atoms. The molecule has 0 spiro atoms. The third kappa shape index (κ3) is 4.59. The maximum atomic E-state index is 11.6. The number of carbonyl (C=O) groups excluding carboxylic acids is 1. The number of carbonyl (C=O) groups is 1. The van der Waals surface area contributed by atoms with Crippen molar-refractivity contribution >= 4 is 33.7 Å². The van der Waals surface area contributed by atoms with Gasteiger partial charge < -0.3 is 15.2 Å². The van der Waals surface area contributed by atoms with Crippen LogP contribution >= 0.6 is 15.9 Å². The van der Waals surface area contributed by atoms with E-state index in [2.05, 4.69) is 31.8 Å². The maximum Gasteiger partial charge on any atom is 0.245 e. The number of nitrogens with one attached hydrogen (secondary N) is 2. The molecule has 0 radical (unpaired) electrons. The lowest BCUT2D eigenvalue weighted by molar-refractivity contribution is -0.115. The standard InChI is InChI=1S/C13H12BrN3O2/c14-10-3-5-11(6-4-10)17-13(18)9-16-15-8-12-2-1-7-19-12/h1-8,16H,9H2,(H,17,18). The van der Waals surface area contributed by atoms with Crippen LogP contribution in [0.1, 0.15) is 5.76 Å². The second-order valence-electron chi connectivity index (χ2n) is 3.66. The number of nitrogens with zero attached hydrogens (tertiary/aromatic N) is 1. The van der Waals surface area contributed by atoms with Crippen LogP contribution in [0, 0.1) is 0 Å². The second kappa shape index (κ2) is 6.75. The minimum absolute atomic E-state index is 0.0905. The van der Waals surface area contributed by atoms with E-state index >= 15 is 0 Å². The number of hydrazone groups is 1. The van der Waals surface area contributed by atoms with Crippen LogP contribution in [-0.4, -0.2) is 18.7 Å². The van der Waals surface area contributed by atoms with Gasteiger partial charge in [0.15, 0.2) is 0 Å². The quantitative estimate of drug-likeness (QED) is 0.657. The third-order valence-electron chi connectivity index (χ3n) is 2.19. The summed E-state index contributed by atoms with van der Waals surface area (Å²) < 4.78 is 6.02. The average molecular weight is 322 g/mol. The number of amides is 1. The van der Waals surface area contributed by atoms with Gasteiger partial charge in [-0.1, -0.05) is 15.9 Å². The first-order chi connectivity index (χ1) is 9.24. The molecule has 5 nitrogen and oxygen atoms in total. The molecule has 98 valence electrons. The lowest BCUT2D eigenvalue weighted by atomic mass is 10.3. The van der Waals surface area contributed by atoms with Gasteiger partial charge in [0.05, 0.1) is 12.5 Å². The summed E-state index contributed by atoms with van der Waals surface area (Å²) in [7, 11) is 0. The van der Waals surface area contributed by atoms with E-state index in [1.54, 1.807) is 18.4 Å². The molecule has 0 atom stereocenters. The first-order valence-electron chi connectivity index (χ1n) is 5.59. The Labute approximate surface area is 118 Å². The molecule has 0 fully saturated rings. The van der Waals surface area contributed by atoms with Crippen molar-refractivity contribution in [3.05, 3.63) is 52.9 Å². The molecule has 2 rings (SSSR count). The van der Waals surface area contributed by atoms with E-state index in [1.165, 1.54) is 6.21 Å². The summed E-state index contributed by atoms with van der Waals surface area (Å²) in [6, 6.07) is 10.9. The topological polar surface area (TPSA) is 66.6 Å². The van der Waals surface area contributed by atoms with Crippen molar-refractivity contribution in [1.29, 1.82) is 0 Å². The molecular formula is C13H12BrN3O2. The molecule has 0 aliphatic heterocycles. The van der Waals surface area contributed by atoms with E-state index in [0.717, 1.165) is 10.2 Å². The van der Waals surface area contributed by atoms with Crippen LogP contribution in [0.4, 0.5) is 5.69 Å². The van der Waals surface area contributed by atoms with Gasteiger partial charge in [0.1, 0.15) is 12.3 Å². The predicted molar refractivity (Wildman–Crippen MR) is 77.1 cm³/mol. The molecule has 0 saturated carbocycles. The summed E-state index contributed by atoms with van der Waals surface area (Å²) in [5.41, 5.74) is 3.38. The first kappa shape index (κ1) is 13.4. The Morgan fingerprint density at radius 3 is 2.79 bits per heavy atom. The third-order valence-corrected chi connectivity index (χ3v) is 2.72. The highest BCUT2D eigenvalue weighted by molar-refractivity contribution is 9.10. The highest BCUT2D eigenvalue weighted by Gasteiger charge is 2.00. The van der Waals surface area contributed by atoms with Crippen LogP contribution in [0.5, 0.6) is 0 Å². The summed E-state index contributed by atoms with van der Waals surface area (Å²) in [5.74, 6) is 0.458. The summed E-state index contributed by atoms with van der Waals surface area (Å²) in [6.07, 6.45) is 3.06. The van der Waals surface area contributed by atoms with Crippen molar-refractivity contribution in [2.24, 2.45) is 5.10 Å². The van der Waals surface area contributed by atoms with E-state index in [0.29, 0.717) is 5.76 Å². The van der Waals surface area contributed by atoms with Crippen molar-refractivity contribution in [3.8, 4) is 0 Å². The highest BCUT2D eigenvalue weighted by Crippen LogP contribution is 2.13. The van der Waals surface area contributed by atoms with Crippen LogP contribution in [0.3, 0.4) is 0 Å². The Morgan fingerprint density at radius 1 is 1.32 bits per heavy atom. The summed E-state index contributed by atoms with van der Waals surface area (Å²) in [4.78, 5) is 11.6. The molecule has 6 heteroatoms. The van der Waals surface area contributed by atoms with Crippen molar-refractivity contribution in [2.75, 3.05) is 11.9 Å². The van der Waals surface area contributed by atoms with Crippen molar-refractivity contribution in [1.82, 2.24) is 5.43 Å². The molecule has 1 amide bonds. The minimum atomic E-state index is -0.168. The monoisotopic (exact) mass is 321 g/mol. The number of hydrogen-bond donors (Lipinski definition) is 2. The number of halogens is 1. The number of rotatable bonds is 5. The lowest BCUT2D eigenvalue weighted by Crippen LogP contribution is -2.24. The molecule has 0 saturated heterocycles. The van der Waals surface area contributed by atoms with Crippen LogP contribution in [-0.2, 0) is 4.79 Å². The highest BCUT2D eigenvalue weighted by atomic mass is 79.9. The van der Waals surface area contributed by atoms with Crippen LogP contribution in [0.25, 0.3) is 0 Å². The van der Waals surface area contributed by atoms with E-state index in [-0.39, 0.29) is 12.5 Å². The fourth-order valence-electron chi connectivity index (χ4n) is 1.33. The van der Waals surface area contributed by atoms with Gasteiger partial charge >= 0.3 is 0 Å². The Morgan fingerprint density at radius 2 is 2.11 bits per heavy atom. The number of furan rings is 1. The summed E-state index contributed by atoms with van der Waals surface area (Å²) in [6.45, 7) is 0.0905. The van der Waals surface area contributed by atoms with Crippen LogP contribution < -0.4 is 10.7 Å². The Balaban J connectivity index is 1.74. The van der Waals surface area contributed by atoms with Gasteiger partial charge in [-0.15, -0.1) is 0 Å². The molecule has 1 aromatic carbocycles. The lowest BCUT2D eigenvalue weighted by Gasteiger charge is -2.04. The largest absolute Gasteiger partial charge is 0.463 e. The van der Waals surface area contributed by atoms with Gasteiger partial charge in [-0.05, 0) is 36.4 Å². The predicted octanol–water partition coefficient (Wildman–Crippen LogP) is 2.60. The Bertz CT molecular complexity index is 550. The molecule has 2 N–H and O–H groups in total. The van der Waals surface area contributed by atoms with E-state index < -0.39 is 0 Å². The fraction of sp³-hybridized carbons (Fsp3) is 0.0769. The maximum absolute atomic E-state index is 11.6. The fourth-order valence-corrected chi connectivity index (χ4v) is 1.59. The Kier molecular flexibility index (Phi) is 4.74. The van der Waals surface area contributed by atoms with E-state index in [9.17, 15) is 4.79 Å². The molecule has 19 heavy (non-hydrogen) atoms. The zero-order valence-corrected chi connectivity index (χ0v) is 11.6.